The first kappa shape index (κ1) is 16.0. The molecule has 1 aromatic heterocycles. The normalized spacial score (nSPS) is 11.5. The Bertz CT molecular complexity index is 466. The van der Waals surface area contributed by atoms with Crippen LogP contribution in [-0.2, 0) is 0 Å². The molecule has 1 aromatic rings. The van der Waals surface area contributed by atoms with E-state index in [1.54, 1.807) is 6.92 Å². The third kappa shape index (κ3) is 4.87. The smallest absolute Gasteiger partial charge is 0.330 e. The fourth-order valence-electron chi connectivity index (χ4n) is 1.46. The molecular formula is C11H11Cl2F3N2O. The third-order valence-corrected chi connectivity index (χ3v) is 2.88. The van der Waals surface area contributed by atoms with E-state index < -0.39 is 18.6 Å². The Balaban J connectivity index is 2.95. The maximum atomic E-state index is 12.4. The Morgan fingerprint density at radius 1 is 1.42 bits per heavy atom. The SMILES string of the molecule is CCCN(CC(F)(F)F)C(=O)c1cnc(Cl)c(Cl)c1. The Kier molecular flexibility index (Phi) is 5.43. The van der Waals surface area contributed by atoms with Crippen LogP contribution < -0.4 is 0 Å². The van der Waals surface area contributed by atoms with Gasteiger partial charge in [-0.25, -0.2) is 4.98 Å². The van der Waals surface area contributed by atoms with Crippen molar-refractivity contribution in [1.29, 1.82) is 0 Å². The topological polar surface area (TPSA) is 33.2 Å². The van der Waals surface area contributed by atoms with E-state index >= 15 is 0 Å². The Hall–Kier alpha value is -1.01. The minimum atomic E-state index is -4.45. The van der Waals surface area contributed by atoms with Gasteiger partial charge < -0.3 is 4.90 Å². The molecular weight excluding hydrogens is 304 g/mol. The van der Waals surface area contributed by atoms with Crippen LogP contribution in [0.25, 0.3) is 0 Å². The molecule has 0 fully saturated rings. The molecule has 0 saturated carbocycles. The van der Waals surface area contributed by atoms with Crippen molar-refractivity contribution in [3.8, 4) is 0 Å². The predicted molar refractivity (Wildman–Crippen MR) is 66.5 cm³/mol. The maximum Gasteiger partial charge on any atom is 0.406 e. The lowest BCUT2D eigenvalue weighted by Crippen LogP contribution is -2.39. The molecule has 1 amide bonds. The van der Waals surface area contributed by atoms with Gasteiger partial charge in [-0.15, -0.1) is 0 Å². The molecule has 8 heteroatoms. The van der Waals surface area contributed by atoms with Crippen molar-refractivity contribution in [3.05, 3.63) is 28.0 Å². The van der Waals surface area contributed by atoms with Crippen LogP contribution in [0.2, 0.25) is 10.2 Å². The molecule has 1 heterocycles. The Labute approximate surface area is 118 Å². The summed E-state index contributed by atoms with van der Waals surface area (Å²) < 4.78 is 37.2. The fraction of sp³-hybridized carbons (Fsp3) is 0.455. The average molecular weight is 315 g/mol. The molecule has 1 rings (SSSR count). The average Bonchev–Trinajstić information content (AvgIpc) is 2.29. The van der Waals surface area contributed by atoms with Crippen LogP contribution in [-0.4, -0.2) is 35.1 Å². The standard InChI is InChI=1S/C11H11Cl2F3N2O/c1-2-3-18(6-11(14,15)16)10(19)7-4-8(12)9(13)17-5-7/h4-5H,2-3,6H2,1H3. The minimum Gasteiger partial charge on any atom is -0.330 e. The van der Waals surface area contributed by atoms with E-state index in [1.807, 2.05) is 0 Å². The highest BCUT2D eigenvalue weighted by atomic mass is 35.5. The molecule has 3 nitrogen and oxygen atoms in total. The van der Waals surface area contributed by atoms with Gasteiger partial charge in [0.15, 0.2) is 0 Å². The Morgan fingerprint density at radius 3 is 2.53 bits per heavy atom. The summed E-state index contributed by atoms with van der Waals surface area (Å²) in [5.41, 5.74) is -0.0212. The zero-order valence-corrected chi connectivity index (χ0v) is 11.5. The number of amides is 1. The lowest BCUT2D eigenvalue weighted by Gasteiger charge is -2.23. The van der Waals surface area contributed by atoms with Crippen LogP contribution in [0.1, 0.15) is 23.7 Å². The second-order valence-corrected chi connectivity index (χ2v) is 4.60. The number of hydrogen-bond donors (Lipinski definition) is 0. The summed E-state index contributed by atoms with van der Waals surface area (Å²) >= 11 is 11.3. The molecule has 0 radical (unpaired) electrons. The van der Waals surface area contributed by atoms with Gasteiger partial charge in [0.25, 0.3) is 5.91 Å². The minimum absolute atomic E-state index is 0.00140. The van der Waals surface area contributed by atoms with E-state index in [1.165, 1.54) is 6.07 Å². The van der Waals surface area contributed by atoms with Gasteiger partial charge in [-0.1, -0.05) is 30.1 Å². The lowest BCUT2D eigenvalue weighted by atomic mass is 10.2. The number of carbonyl (C=O) groups excluding carboxylic acids is 1. The van der Waals surface area contributed by atoms with Crippen LogP contribution >= 0.6 is 23.2 Å². The molecule has 0 bridgehead atoms. The lowest BCUT2D eigenvalue weighted by molar-refractivity contribution is -0.140. The first-order chi connectivity index (χ1) is 8.74. The zero-order chi connectivity index (χ0) is 14.6. The largest absolute Gasteiger partial charge is 0.406 e. The van der Waals surface area contributed by atoms with Crippen molar-refractivity contribution in [2.24, 2.45) is 0 Å². The zero-order valence-electron chi connectivity index (χ0n) is 9.97. The molecule has 0 saturated heterocycles. The van der Waals surface area contributed by atoms with Crippen molar-refractivity contribution in [2.45, 2.75) is 19.5 Å². The van der Waals surface area contributed by atoms with Gasteiger partial charge in [-0.05, 0) is 12.5 Å². The molecule has 0 aliphatic rings. The quantitative estimate of drug-likeness (QED) is 0.792. The number of pyridine rings is 1. The summed E-state index contributed by atoms with van der Waals surface area (Å²) in [6.45, 7) is 0.377. The molecule has 0 aliphatic heterocycles. The summed E-state index contributed by atoms with van der Waals surface area (Å²) in [4.78, 5) is 16.3. The molecule has 19 heavy (non-hydrogen) atoms. The number of aromatic nitrogens is 1. The molecule has 0 spiro atoms. The van der Waals surface area contributed by atoms with Crippen molar-refractivity contribution >= 4 is 29.1 Å². The van der Waals surface area contributed by atoms with Crippen LogP contribution in [0.5, 0.6) is 0 Å². The molecule has 106 valence electrons. The van der Waals surface area contributed by atoms with E-state index in [2.05, 4.69) is 4.98 Å². The van der Waals surface area contributed by atoms with E-state index in [4.69, 9.17) is 23.2 Å². The van der Waals surface area contributed by atoms with Crippen LogP contribution in [0.15, 0.2) is 12.3 Å². The summed E-state index contributed by atoms with van der Waals surface area (Å²) in [6, 6.07) is 1.21. The summed E-state index contributed by atoms with van der Waals surface area (Å²) in [5.74, 6) is -0.773. The summed E-state index contributed by atoms with van der Waals surface area (Å²) in [7, 11) is 0. The van der Waals surface area contributed by atoms with Crippen molar-refractivity contribution in [3.63, 3.8) is 0 Å². The molecule has 0 unspecified atom stereocenters. The highest BCUT2D eigenvalue weighted by Gasteiger charge is 2.33. The molecule has 0 N–H and O–H groups in total. The summed E-state index contributed by atoms with van der Waals surface area (Å²) in [5, 5.41) is 0.0204. The number of hydrogen-bond acceptors (Lipinski definition) is 2. The first-order valence-corrected chi connectivity index (χ1v) is 6.17. The van der Waals surface area contributed by atoms with E-state index in [0.717, 1.165) is 6.20 Å². The van der Waals surface area contributed by atoms with Gasteiger partial charge in [-0.2, -0.15) is 13.2 Å². The second kappa shape index (κ2) is 6.43. The number of nitrogens with zero attached hydrogens (tertiary/aromatic N) is 2. The van der Waals surface area contributed by atoms with Crippen LogP contribution in [0.3, 0.4) is 0 Å². The van der Waals surface area contributed by atoms with Gasteiger partial charge in [0, 0.05) is 12.7 Å². The highest BCUT2D eigenvalue weighted by molar-refractivity contribution is 6.41. The predicted octanol–water partition coefficient (Wildman–Crippen LogP) is 3.80. The van der Waals surface area contributed by atoms with Gasteiger partial charge >= 0.3 is 6.18 Å². The van der Waals surface area contributed by atoms with Gasteiger partial charge in [-0.3, -0.25) is 4.79 Å². The monoisotopic (exact) mass is 314 g/mol. The van der Waals surface area contributed by atoms with E-state index in [9.17, 15) is 18.0 Å². The third-order valence-electron chi connectivity index (χ3n) is 2.19. The number of halogens is 5. The highest BCUT2D eigenvalue weighted by Crippen LogP contribution is 2.22. The van der Waals surface area contributed by atoms with Gasteiger partial charge in [0.1, 0.15) is 11.7 Å². The Morgan fingerprint density at radius 2 is 2.05 bits per heavy atom. The summed E-state index contributed by atoms with van der Waals surface area (Å²) in [6.07, 6.45) is -2.93. The van der Waals surface area contributed by atoms with Crippen molar-refractivity contribution in [1.82, 2.24) is 9.88 Å². The van der Waals surface area contributed by atoms with Crippen LogP contribution in [0, 0.1) is 0 Å². The van der Waals surface area contributed by atoms with Crippen LogP contribution in [0.4, 0.5) is 13.2 Å². The number of rotatable bonds is 4. The van der Waals surface area contributed by atoms with E-state index in [0.29, 0.717) is 11.3 Å². The first-order valence-electron chi connectivity index (χ1n) is 5.41. The fourth-order valence-corrected chi connectivity index (χ4v) is 1.73. The van der Waals surface area contributed by atoms with Crippen molar-refractivity contribution < 1.29 is 18.0 Å². The number of alkyl halides is 3. The second-order valence-electron chi connectivity index (χ2n) is 3.84. The maximum absolute atomic E-state index is 12.4. The van der Waals surface area contributed by atoms with Gasteiger partial charge in [0.2, 0.25) is 0 Å². The van der Waals surface area contributed by atoms with E-state index in [-0.39, 0.29) is 22.3 Å². The molecule has 0 aliphatic carbocycles. The molecule has 0 atom stereocenters. The van der Waals surface area contributed by atoms with Gasteiger partial charge in [0.05, 0.1) is 10.6 Å². The number of carbonyl (C=O) groups is 1. The van der Waals surface area contributed by atoms with Crippen molar-refractivity contribution in [2.75, 3.05) is 13.1 Å². The molecule has 0 aromatic carbocycles.